The Balaban J connectivity index is 1.38. The van der Waals surface area contributed by atoms with E-state index in [9.17, 15) is 9.59 Å². The largest absolute Gasteiger partial charge is 0.455 e. The smallest absolute Gasteiger partial charge is 0.310 e. The SMILES string of the molecule is CN(Cc1ccccc1)C(=O)COC(=O)[C@@H]1CCCC[C@H]1c1nc2ccccc2s1. The summed E-state index contributed by atoms with van der Waals surface area (Å²) in [4.78, 5) is 31.7. The van der Waals surface area contributed by atoms with Gasteiger partial charge in [0.1, 0.15) is 0 Å². The first kappa shape index (κ1) is 20.5. The molecule has 3 aromatic rings. The average Bonchev–Trinajstić information content (AvgIpc) is 3.22. The van der Waals surface area contributed by atoms with Gasteiger partial charge in [-0.1, -0.05) is 55.3 Å². The van der Waals surface area contributed by atoms with E-state index in [0.717, 1.165) is 46.5 Å². The maximum atomic E-state index is 12.9. The summed E-state index contributed by atoms with van der Waals surface area (Å²) in [5.41, 5.74) is 2.02. The molecule has 0 N–H and O–H groups in total. The highest BCUT2D eigenvalue weighted by molar-refractivity contribution is 7.18. The number of carbonyl (C=O) groups is 2. The summed E-state index contributed by atoms with van der Waals surface area (Å²) < 4.78 is 6.62. The lowest BCUT2D eigenvalue weighted by Gasteiger charge is -2.28. The van der Waals surface area contributed by atoms with Gasteiger partial charge >= 0.3 is 5.97 Å². The van der Waals surface area contributed by atoms with Crippen molar-refractivity contribution in [2.75, 3.05) is 13.7 Å². The van der Waals surface area contributed by atoms with Crippen molar-refractivity contribution in [3.63, 3.8) is 0 Å². The molecule has 0 aliphatic heterocycles. The molecule has 1 fully saturated rings. The third kappa shape index (κ3) is 4.70. The molecule has 0 unspecified atom stereocenters. The van der Waals surface area contributed by atoms with Crippen molar-refractivity contribution >= 4 is 33.4 Å². The minimum absolute atomic E-state index is 0.0702. The van der Waals surface area contributed by atoms with Gasteiger partial charge < -0.3 is 9.64 Å². The number of likely N-dealkylation sites (N-methyl/N-ethyl adjacent to an activating group) is 1. The highest BCUT2D eigenvalue weighted by Gasteiger charge is 2.35. The Labute approximate surface area is 180 Å². The van der Waals surface area contributed by atoms with Crippen LogP contribution in [0, 0.1) is 5.92 Å². The number of aromatic nitrogens is 1. The molecule has 4 rings (SSSR count). The second kappa shape index (κ2) is 9.39. The molecular formula is C24H26N2O3S. The van der Waals surface area contributed by atoms with Crippen LogP contribution in [0.3, 0.4) is 0 Å². The summed E-state index contributed by atoms with van der Waals surface area (Å²) in [5, 5.41) is 1.00. The number of rotatable bonds is 6. The first-order chi connectivity index (χ1) is 14.6. The van der Waals surface area contributed by atoms with Crippen LogP contribution in [0.25, 0.3) is 10.2 Å². The average molecular weight is 423 g/mol. The molecule has 1 saturated carbocycles. The molecule has 156 valence electrons. The molecular weight excluding hydrogens is 396 g/mol. The van der Waals surface area contributed by atoms with Gasteiger partial charge in [0.25, 0.3) is 5.91 Å². The third-order valence-electron chi connectivity index (χ3n) is 5.72. The van der Waals surface area contributed by atoms with Gasteiger partial charge in [-0.15, -0.1) is 11.3 Å². The van der Waals surface area contributed by atoms with E-state index in [1.165, 1.54) is 0 Å². The quantitative estimate of drug-likeness (QED) is 0.537. The Kier molecular flexibility index (Phi) is 6.43. The summed E-state index contributed by atoms with van der Waals surface area (Å²) in [6, 6.07) is 17.8. The lowest BCUT2D eigenvalue weighted by atomic mass is 9.79. The second-order valence-corrected chi connectivity index (χ2v) is 8.92. The molecule has 6 heteroatoms. The van der Waals surface area contributed by atoms with Crippen LogP contribution in [0.2, 0.25) is 0 Å². The van der Waals surface area contributed by atoms with Gasteiger partial charge in [-0.05, 0) is 30.5 Å². The van der Waals surface area contributed by atoms with Crippen molar-refractivity contribution in [2.24, 2.45) is 5.92 Å². The Morgan fingerprint density at radius 2 is 1.80 bits per heavy atom. The van der Waals surface area contributed by atoms with E-state index in [1.807, 2.05) is 48.5 Å². The molecule has 2 atom stereocenters. The van der Waals surface area contributed by atoms with Gasteiger partial charge in [-0.2, -0.15) is 0 Å². The topological polar surface area (TPSA) is 59.5 Å². The summed E-state index contributed by atoms with van der Waals surface area (Å²) in [6.07, 6.45) is 3.81. The standard InChI is InChI=1S/C24H26N2O3S/c1-26(15-17-9-3-2-4-10-17)22(27)16-29-24(28)19-12-6-5-11-18(19)23-25-20-13-7-8-14-21(20)30-23/h2-4,7-10,13-14,18-19H,5-6,11-12,15-16H2,1H3/t18-,19-/m1/s1. The second-order valence-electron chi connectivity index (χ2n) is 7.86. The monoisotopic (exact) mass is 422 g/mol. The molecule has 0 saturated heterocycles. The Morgan fingerprint density at radius 3 is 2.60 bits per heavy atom. The zero-order valence-corrected chi connectivity index (χ0v) is 17.9. The first-order valence-electron chi connectivity index (χ1n) is 10.4. The van der Waals surface area contributed by atoms with Gasteiger partial charge in [0, 0.05) is 19.5 Å². The highest BCUT2D eigenvalue weighted by atomic mass is 32.1. The fraction of sp³-hybridized carbons (Fsp3) is 0.375. The molecule has 1 aliphatic rings. The van der Waals surface area contributed by atoms with E-state index in [-0.39, 0.29) is 30.3 Å². The van der Waals surface area contributed by atoms with Crippen molar-refractivity contribution in [1.29, 1.82) is 0 Å². The van der Waals surface area contributed by atoms with Gasteiger partial charge in [0.2, 0.25) is 0 Å². The lowest BCUT2D eigenvalue weighted by molar-refractivity contribution is -0.156. The molecule has 5 nitrogen and oxygen atoms in total. The predicted octanol–water partition coefficient (Wildman–Crippen LogP) is 4.77. The number of ether oxygens (including phenoxy) is 1. The van der Waals surface area contributed by atoms with Crippen LogP contribution in [0.15, 0.2) is 54.6 Å². The Morgan fingerprint density at radius 1 is 1.07 bits per heavy atom. The molecule has 0 bridgehead atoms. The Hall–Kier alpha value is -2.73. The number of para-hydroxylation sites is 1. The minimum Gasteiger partial charge on any atom is -0.455 e. The van der Waals surface area contributed by atoms with E-state index >= 15 is 0 Å². The number of carbonyl (C=O) groups excluding carboxylic acids is 2. The maximum Gasteiger partial charge on any atom is 0.310 e. The number of hydrogen-bond acceptors (Lipinski definition) is 5. The Bertz CT molecular complexity index is 984. The van der Waals surface area contributed by atoms with Crippen LogP contribution in [0.1, 0.15) is 42.2 Å². The molecule has 1 aromatic heterocycles. The fourth-order valence-corrected chi connectivity index (χ4v) is 5.22. The highest BCUT2D eigenvalue weighted by Crippen LogP contribution is 2.41. The zero-order chi connectivity index (χ0) is 20.9. The number of fused-ring (bicyclic) bond motifs is 1. The number of thiazole rings is 1. The minimum atomic E-state index is -0.277. The van der Waals surface area contributed by atoms with Crippen LogP contribution in [-0.2, 0) is 20.9 Å². The normalized spacial score (nSPS) is 18.8. The molecule has 0 spiro atoms. The van der Waals surface area contributed by atoms with Gasteiger partial charge in [0.05, 0.1) is 21.1 Å². The van der Waals surface area contributed by atoms with Crippen LogP contribution < -0.4 is 0 Å². The van der Waals surface area contributed by atoms with Crippen molar-refractivity contribution in [2.45, 2.75) is 38.1 Å². The number of esters is 1. The fourth-order valence-electron chi connectivity index (χ4n) is 4.05. The zero-order valence-electron chi connectivity index (χ0n) is 17.1. The van der Waals surface area contributed by atoms with Crippen molar-refractivity contribution in [3.8, 4) is 0 Å². The van der Waals surface area contributed by atoms with E-state index in [4.69, 9.17) is 9.72 Å². The number of amides is 1. The van der Waals surface area contributed by atoms with Gasteiger partial charge in [0.15, 0.2) is 6.61 Å². The van der Waals surface area contributed by atoms with Crippen LogP contribution in [0.5, 0.6) is 0 Å². The molecule has 2 aromatic carbocycles. The lowest BCUT2D eigenvalue weighted by Crippen LogP contribution is -2.33. The third-order valence-corrected chi connectivity index (χ3v) is 6.89. The van der Waals surface area contributed by atoms with Crippen LogP contribution in [0.4, 0.5) is 0 Å². The van der Waals surface area contributed by atoms with Crippen LogP contribution >= 0.6 is 11.3 Å². The summed E-state index contributed by atoms with van der Waals surface area (Å²) in [5.74, 6) is -0.632. The van der Waals surface area contributed by atoms with E-state index in [2.05, 4.69) is 6.07 Å². The molecule has 1 aliphatic carbocycles. The van der Waals surface area contributed by atoms with E-state index < -0.39 is 0 Å². The number of benzene rings is 2. The van der Waals surface area contributed by atoms with Gasteiger partial charge in [-0.3, -0.25) is 9.59 Å². The van der Waals surface area contributed by atoms with Gasteiger partial charge in [-0.25, -0.2) is 4.98 Å². The first-order valence-corrected chi connectivity index (χ1v) is 11.2. The van der Waals surface area contributed by atoms with Crippen molar-refractivity contribution in [1.82, 2.24) is 9.88 Å². The number of hydrogen-bond donors (Lipinski definition) is 0. The molecule has 30 heavy (non-hydrogen) atoms. The molecule has 0 radical (unpaired) electrons. The molecule has 1 amide bonds. The summed E-state index contributed by atoms with van der Waals surface area (Å²) in [6.45, 7) is 0.278. The predicted molar refractivity (Wildman–Crippen MR) is 118 cm³/mol. The van der Waals surface area contributed by atoms with Crippen molar-refractivity contribution < 1.29 is 14.3 Å². The van der Waals surface area contributed by atoms with E-state index in [1.54, 1.807) is 23.3 Å². The number of nitrogens with zero attached hydrogens (tertiary/aromatic N) is 2. The summed E-state index contributed by atoms with van der Waals surface area (Å²) >= 11 is 1.66. The van der Waals surface area contributed by atoms with E-state index in [0.29, 0.717) is 6.54 Å². The maximum absolute atomic E-state index is 12.9. The van der Waals surface area contributed by atoms with Crippen LogP contribution in [-0.4, -0.2) is 35.4 Å². The van der Waals surface area contributed by atoms with Crippen molar-refractivity contribution in [3.05, 3.63) is 65.2 Å². The summed E-state index contributed by atoms with van der Waals surface area (Å²) in [7, 11) is 1.73. The molecule has 1 heterocycles.